The Hall–Kier alpha value is -3.54. The second kappa shape index (κ2) is 5.27. The summed E-state index contributed by atoms with van der Waals surface area (Å²) in [5.74, 6) is -0.129. The number of nitro benzene ring substituents is 1. The van der Waals surface area contributed by atoms with Crippen molar-refractivity contribution in [1.82, 2.24) is 0 Å². The van der Waals surface area contributed by atoms with Crippen molar-refractivity contribution in [2.45, 2.75) is 0 Å². The Morgan fingerprint density at radius 2 is 1.58 bits per heavy atom. The third-order valence-corrected chi connectivity index (χ3v) is 3.99. The molecule has 0 atom stereocenters. The number of non-ortho nitro benzene ring substituents is 1. The molecule has 0 spiro atoms. The highest BCUT2D eigenvalue weighted by atomic mass is 16.6. The zero-order valence-electron chi connectivity index (χ0n) is 12.4. The zero-order chi connectivity index (χ0) is 16.7. The van der Waals surface area contributed by atoms with Crippen molar-refractivity contribution >= 4 is 33.6 Å². The Morgan fingerprint density at radius 1 is 0.917 bits per heavy atom. The molecule has 0 saturated heterocycles. The normalized spacial score (nSPS) is 14.3. The third-order valence-electron chi connectivity index (χ3n) is 3.99. The van der Waals surface area contributed by atoms with Gasteiger partial charge in [0, 0.05) is 28.6 Å². The summed E-state index contributed by atoms with van der Waals surface area (Å²) in [4.78, 5) is 22.8. The van der Waals surface area contributed by atoms with Crippen LogP contribution in [0, 0.1) is 10.1 Å². The standard InChI is InChI=1S/C18H11N3O3/c22-18-15-6-2-4-11-3-1-5-14(16(11)15)17(18)20-19-12-7-9-13(10-8-12)21(23)24/h1-10,19H/b20-17-. The van der Waals surface area contributed by atoms with Crippen LogP contribution in [-0.4, -0.2) is 16.4 Å². The number of hydrogen-bond acceptors (Lipinski definition) is 5. The number of benzene rings is 3. The van der Waals surface area contributed by atoms with Gasteiger partial charge in [0.1, 0.15) is 5.71 Å². The fourth-order valence-electron chi connectivity index (χ4n) is 2.87. The summed E-state index contributed by atoms with van der Waals surface area (Å²) in [6.45, 7) is 0. The smallest absolute Gasteiger partial charge is 0.269 e. The van der Waals surface area contributed by atoms with E-state index in [0.29, 0.717) is 17.0 Å². The van der Waals surface area contributed by atoms with E-state index >= 15 is 0 Å². The molecule has 0 radical (unpaired) electrons. The summed E-state index contributed by atoms with van der Waals surface area (Å²) in [7, 11) is 0. The molecule has 0 aromatic heterocycles. The number of rotatable bonds is 3. The van der Waals surface area contributed by atoms with Crippen molar-refractivity contribution in [2.24, 2.45) is 5.10 Å². The molecule has 116 valence electrons. The lowest BCUT2D eigenvalue weighted by atomic mass is 10.1. The molecule has 6 heteroatoms. The summed E-state index contributed by atoms with van der Waals surface area (Å²) >= 11 is 0. The van der Waals surface area contributed by atoms with Crippen molar-refractivity contribution < 1.29 is 9.72 Å². The van der Waals surface area contributed by atoms with Crippen molar-refractivity contribution in [3.8, 4) is 0 Å². The van der Waals surface area contributed by atoms with Crippen LogP contribution in [0.4, 0.5) is 11.4 Å². The second-order valence-electron chi connectivity index (χ2n) is 5.41. The Labute approximate surface area is 136 Å². The molecule has 4 rings (SSSR count). The molecule has 3 aromatic carbocycles. The van der Waals surface area contributed by atoms with Gasteiger partial charge in [-0.1, -0.05) is 36.4 Å². The van der Waals surface area contributed by atoms with Crippen LogP contribution in [0.1, 0.15) is 15.9 Å². The van der Waals surface area contributed by atoms with E-state index in [0.717, 1.165) is 16.3 Å². The van der Waals surface area contributed by atoms with Crippen LogP contribution in [0.15, 0.2) is 65.8 Å². The number of Topliss-reactive ketones (excluding diaryl/α,β-unsaturated/α-hetero) is 1. The molecule has 0 bridgehead atoms. The molecule has 0 amide bonds. The fourth-order valence-corrected chi connectivity index (χ4v) is 2.87. The topological polar surface area (TPSA) is 84.6 Å². The highest BCUT2D eigenvalue weighted by molar-refractivity contribution is 6.59. The Bertz CT molecular complexity index is 1020. The summed E-state index contributed by atoms with van der Waals surface area (Å²) in [6.07, 6.45) is 0. The minimum absolute atomic E-state index is 0.00215. The number of nitrogens with one attached hydrogen (secondary N) is 1. The van der Waals surface area contributed by atoms with Crippen molar-refractivity contribution in [1.29, 1.82) is 0 Å². The van der Waals surface area contributed by atoms with E-state index in [-0.39, 0.29) is 11.5 Å². The van der Waals surface area contributed by atoms with Gasteiger partial charge in [-0.25, -0.2) is 0 Å². The van der Waals surface area contributed by atoms with Gasteiger partial charge >= 0.3 is 0 Å². The first-order valence-corrected chi connectivity index (χ1v) is 7.30. The average molecular weight is 317 g/mol. The van der Waals surface area contributed by atoms with Crippen LogP contribution < -0.4 is 5.43 Å². The molecule has 1 aliphatic rings. The molecule has 0 saturated carbocycles. The molecular weight excluding hydrogens is 306 g/mol. The Morgan fingerprint density at radius 3 is 2.25 bits per heavy atom. The molecular formula is C18H11N3O3. The van der Waals surface area contributed by atoms with Crippen LogP contribution in [0.5, 0.6) is 0 Å². The Balaban J connectivity index is 1.70. The van der Waals surface area contributed by atoms with Crippen LogP contribution >= 0.6 is 0 Å². The molecule has 24 heavy (non-hydrogen) atoms. The third kappa shape index (κ3) is 2.13. The summed E-state index contributed by atoms with van der Waals surface area (Å²) in [5.41, 5.74) is 5.17. The lowest BCUT2D eigenvalue weighted by molar-refractivity contribution is -0.384. The number of nitro groups is 1. The average Bonchev–Trinajstić information content (AvgIpc) is 2.88. The lowest BCUT2D eigenvalue weighted by Gasteiger charge is -2.02. The second-order valence-corrected chi connectivity index (χ2v) is 5.41. The molecule has 0 aliphatic heterocycles. The molecule has 0 heterocycles. The van der Waals surface area contributed by atoms with E-state index in [9.17, 15) is 14.9 Å². The van der Waals surface area contributed by atoms with E-state index in [1.54, 1.807) is 18.2 Å². The summed E-state index contributed by atoms with van der Waals surface area (Å²) in [6, 6.07) is 17.2. The summed E-state index contributed by atoms with van der Waals surface area (Å²) < 4.78 is 0. The first-order chi connectivity index (χ1) is 11.6. The van der Waals surface area contributed by atoms with Crippen LogP contribution in [0.25, 0.3) is 10.8 Å². The highest BCUT2D eigenvalue weighted by Crippen LogP contribution is 2.31. The first kappa shape index (κ1) is 14.1. The fraction of sp³-hybridized carbons (Fsp3) is 0. The van der Waals surface area contributed by atoms with Gasteiger partial charge in [-0.2, -0.15) is 5.10 Å². The minimum atomic E-state index is -0.465. The SMILES string of the molecule is O=C1/C(=N\Nc2ccc([N+](=O)[O-])cc2)c2cccc3cccc1c23. The summed E-state index contributed by atoms with van der Waals surface area (Å²) in [5, 5.41) is 16.8. The minimum Gasteiger partial charge on any atom is -0.287 e. The first-order valence-electron chi connectivity index (χ1n) is 7.30. The molecule has 1 N–H and O–H groups in total. The number of hydrazone groups is 1. The van der Waals surface area contributed by atoms with Crippen LogP contribution in [0.2, 0.25) is 0 Å². The van der Waals surface area contributed by atoms with Gasteiger partial charge < -0.3 is 0 Å². The Kier molecular flexibility index (Phi) is 3.09. The van der Waals surface area contributed by atoms with Gasteiger partial charge in [-0.05, 0) is 17.5 Å². The van der Waals surface area contributed by atoms with Crippen molar-refractivity contribution in [2.75, 3.05) is 5.43 Å². The quantitative estimate of drug-likeness (QED) is 0.589. The maximum absolute atomic E-state index is 12.6. The maximum Gasteiger partial charge on any atom is 0.269 e. The lowest BCUT2D eigenvalue weighted by Crippen LogP contribution is -2.11. The zero-order valence-corrected chi connectivity index (χ0v) is 12.4. The van der Waals surface area contributed by atoms with Gasteiger partial charge in [0.2, 0.25) is 5.78 Å². The molecule has 0 unspecified atom stereocenters. The van der Waals surface area contributed by atoms with Gasteiger partial charge in [0.15, 0.2) is 0 Å². The van der Waals surface area contributed by atoms with E-state index in [1.807, 2.05) is 30.3 Å². The number of carbonyl (C=O) groups is 1. The van der Waals surface area contributed by atoms with Crippen LogP contribution in [0.3, 0.4) is 0 Å². The molecule has 6 nitrogen and oxygen atoms in total. The van der Waals surface area contributed by atoms with Gasteiger partial charge in [-0.15, -0.1) is 0 Å². The number of anilines is 1. The van der Waals surface area contributed by atoms with Gasteiger partial charge in [-0.3, -0.25) is 20.3 Å². The van der Waals surface area contributed by atoms with Crippen molar-refractivity contribution in [3.63, 3.8) is 0 Å². The number of ketones is 1. The van der Waals surface area contributed by atoms with Gasteiger partial charge in [0.25, 0.3) is 5.69 Å². The largest absolute Gasteiger partial charge is 0.287 e. The number of nitrogens with zero attached hydrogens (tertiary/aromatic N) is 2. The highest BCUT2D eigenvalue weighted by Gasteiger charge is 2.28. The van der Waals surface area contributed by atoms with Crippen molar-refractivity contribution in [3.05, 3.63) is 81.9 Å². The van der Waals surface area contributed by atoms with E-state index in [4.69, 9.17) is 0 Å². The van der Waals surface area contributed by atoms with E-state index in [2.05, 4.69) is 10.5 Å². The monoisotopic (exact) mass is 317 g/mol. The van der Waals surface area contributed by atoms with Gasteiger partial charge in [0.05, 0.1) is 10.6 Å². The number of carbonyl (C=O) groups excluding carboxylic acids is 1. The molecule has 1 aliphatic carbocycles. The molecule has 0 fully saturated rings. The predicted molar refractivity (Wildman–Crippen MR) is 91.5 cm³/mol. The van der Waals surface area contributed by atoms with E-state index in [1.165, 1.54) is 12.1 Å². The van der Waals surface area contributed by atoms with Crippen LogP contribution in [-0.2, 0) is 0 Å². The van der Waals surface area contributed by atoms with E-state index < -0.39 is 4.92 Å². The predicted octanol–water partition coefficient (Wildman–Crippen LogP) is 3.76. The number of hydrogen-bond donors (Lipinski definition) is 1. The molecule has 3 aromatic rings. The maximum atomic E-state index is 12.6.